The van der Waals surface area contributed by atoms with Crippen LogP contribution in [-0.4, -0.2) is 41.7 Å². The fourth-order valence-corrected chi connectivity index (χ4v) is 4.93. The third-order valence-electron chi connectivity index (χ3n) is 7.01. The SMILES string of the molecule is C1CCCC1.CCc1cc(CC[C@@H]2CC(O)=C(Cc3nc4nc(C)cc(C)n4n3)C(=O)O2)cc(CC)n1. The smallest absolute Gasteiger partial charge is 0.338 e. The van der Waals surface area contributed by atoms with E-state index in [0.29, 0.717) is 24.4 Å². The number of hydrogen-bond donors (Lipinski definition) is 1. The predicted molar refractivity (Wildman–Crippen MR) is 143 cm³/mol. The van der Waals surface area contributed by atoms with E-state index >= 15 is 0 Å². The summed E-state index contributed by atoms with van der Waals surface area (Å²) >= 11 is 0. The van der Waals surface area contributed by atoms with Crippen molar-refractivity contribution in [2.24, 2.45) is 0 Å². The summed E-state index contributed by atoms with van der Waals surface area (Å²) < 4.78 is 7.28. The zero-order valence-electron chi connectivity index (χ0n) is 22.6. The zero-order chi connectivity index (χ0) is 26.4. The lowest BCUT2D eigenvalue weighted by Gasteiger charge is -2.24. The molecule has 8 nitrogen and oxygen atoms in total. The minimum Gasteiger partial charge on any atom is -0.512 e. The molecule has 0 radical (unpaired) electrons. The summed E-state index contributed by atoms with van der Waals surface area (Å²) in [7, 11) is 0. The molecule has 1 N–H and O–H groups in total. The van der Waals surface area contributed by atoms with Crippen LogP contribution in [0.15, 0.2) is 29.5 Å². The van der Waals surface area contributed by atoms with Gasteiger partial charge in [-0.3, -0.25) is 4.98 Å². The molecule has 1 aliphatic heterocycles. The van der Waals surface area contributed by atoms with Gasteiger partial charge in [-0.05, 0) is 63.3 Å². The van der Waals surface area contributed by atoms with E-state index < -0.39 is 5.97 Å². The molecule has 0 spiro atoms. The first kappa shape index (κ1) is 26.8. The predicted octanol–water partition coefficient (Wildman–Crippen LogP) is 5.51. The van der Waals surface area contributed by atoms with Crippen LogP contribution in [0.25, 0.3) is 5.78 Å². The highest BCUT2D eigenvalue weighted by Gasteiger charge is 2.30. The van der Waals surface area contributed by atoms with Crippen molar-refractivity contribution < 1.29 is 14.6 Å². The Morgan fingerprint density at radius 1 is 0.973 bits per heavy atom. The Morgan fingerprint density at radius 3 is 2.22 bits per heavy atom. The highest BCUT2D eigenvalue weighted by molar-refractivity contribution is 5.90. The summed E-state index contributed by atoms with van der Waals surface area (Å²) in [6.07, 6.45) is 10.8. The lowest BCUT2D eigenvalue weighted by atomic mass is 9.98. The van der Waals surface area contributed by atoms with Crippen LogP contribution in [0.5, 0.6) is 0 Å². The number of pyridine rings is 1. The number of carbonyl (C=O) groups excluding carboxylic acids is 1. The van der Waals surface area contributed by atoms with E-state index in [4.69, 9.17) is 4.74 Å². The number of hydrogen-bond acceptors (Lipinski definition) is 7. The maximum absolute atomic E-state index is 12.6. The molecule has 1 saturated carbocycles. The third kappa shape index (κ3) is 6.93. The van der Waals surface area contributed by atoms with E-state index in [1.807, 2.05) is 19.9 Å². The van der Waals surface area contributed by atoms with Crippen LogP contribution in [0, 0.1) is 13.8 Å². The van der Waals surface area contributed by atoms with Gasteiger partial charge in [0.1, 0.15) is 11.9 Å². The number of fused-ring (bicyclic) bond motifs is 1. The molecule has 1 atom stereocenters. The van der Waals surface area contributed by atoms with Crippen LogP contribution in [0.1, 0.15) is 93.0 Å². The van der Waals surface area contributed by atoms with Gasteiger partial charge in [-0.1, -0.05) is 46.0 Å². The molecular formula is C29H39N5O3. The molecule has 2 aliphatic rings. The minimum absolute atomic E-state index is 0.0594. The topological polar surface area (TPSA) is 102 Å². The Hall–Kier alpha value is -3.29. The fourth-order valence-electron chi connectivity index (χ4n) is 4.93. The highest BCUT2D eigenvalue weighted by Crippen LogP contribution is 2.25. The second kappa shape index (κ2) is 12.3. The third-order valence-corrected chi connectivity index (χ3v) is 7.01. The summed E-state index contributed by atoms with van der Waals surface area (Å²) in [6.45, 7) is 8.00. The number of rotatable bonds is 7. The van der Waals surface area contributed by atoms with Crippen LogP contribution in [0.2, 0.25) is 0 Å². The number of esters is 1. The van der Waals surface area contributed by atoms with Gasteiger partial charge >= 0.3 is 5.97 Å². The molecule has 5 rings (SSSR count). The van der Waals surface area contributed by atoms with Crippen LogP contribution in [0.4, 0.5) is 0 Å². The van der Waals surface area contributed by atoms with Crippen LogP contribution >= 0.6 is 0 Å². The van der Waals surface area contributed by atoms with E-state index in [9.17, 15) is 9.90 Å². The van der Waals surface area contributed by atoms with Crippen molar-refractivity contribution >= 4 is 11.7 Å². The van der Waals surface area contributed by atoms with Crippen molar-refractivity contribution in [3.63, 3.8) is 0 Å². The van der Waals surface area contributed by atoms with Gasteiger partial charge in [-0.15, -0.1) is 5.10 Å². The van der Waals surface area contributed by atoms with Gasteiger partial charge in [0.05, 0.1) is 5.57 Å². The van der Waals surface area contributed by atoms with Crippen LogP contribution in [0.3, 0.4) is 0 Å². The molecule has 8 heteroatoms. The minimum atomic E-state index is -0.503. The molecule has 0 amide bonds. The van der Waals surface area contributed by atoms with Gasteiger partial charge in [0.25, 0.3) is 5.78 Å². The lowest BCUT2D eigenvalue weighted by Crippen LogP contribution is -2.28. The van der Waals surface area contributed by atoms with Crippen molar-refractivity contribution in [1.82, 2.24) is 24.6 Å². The van der Waals surface area contributed by atoms with Gasteiger partial charge in [0, 0.05) is 35.6 Å². The Morgan fingerprint density at radius 2 is 1.62 bits per heavy atom. The Labute approximate surface area is 219 Å². The molecule has 198 valence electrons. The Balaban J connectivity index is 0.000000572. The molecule has 3 aromatic heterocycles. The Bertz CT molecular complexity index is 1250. The van der Waals surface area contributed by atoms with Gasteiger partial charge in [0.2, 0.25) is 0 Å². The van der Waals surface area contributed by atoms with Gasteiger partial charge in [0.15, 0.2) is 5.82 Å². The van der Waals surface area contributed by atoms with Crippen LogP contribution < -0.4 is 0 Å². The van der Waals surface area contributed by atoms with E-state index in [0.717, 1.165) is 42.0 Å². The van der Waals surface area contributed by atoms with E-state index in [1.54, 1.807) is 4.52 Å². The maximum atomic E-state index is 12.6. The summed E-state index contributed by atoms with van der Waals surface area (Å²) in [5.41, 5.74) is 5.31. The summed E-state index contributed by atoms with van der Waals surface area (Å²) in [5.74, 6) is 0.467. The average molecular weight is 506 g/mol. The number of cyclic esters (lactones) is 1. The monoisotopic (exact) mass is 505 g/mol. The quantitative estimate of drug-likeness (QED) is 0.422. The number of aliphatic hydroxyl groups is 1. The van der Waals surface area contributed by atoms with Gasteiger partial charge in [-0.2, -0.15) is 4.98 Å². The number of nitrogens with zero attached hydrogens (tertiary/aromatic N) is 5. The molecule has 0 unspecified atom stereocenters. The zero-order valence-corrected chi connectivity index (χ0v) is 22.6. The second-order valence-electron chi connectivity index (χ2n) is 10.1. The first-order valence-electron chi connectivity index (χ1n) is 13.7. The van der Waals surface area contributed by atoms with E-state index in [2.05, 4.69) is 46.0 Å². The number of carbonyl (C=O) groups is 1. The number of aromatic nitrogens is 5. The molecule has 0 bridgehead atoms. The normalized spacial score (nSPS) is 17.6. The number of ether oxygens (including phenoxy) is 1. The van der Waals surface area contributed by atoms with Gasteiger partial charge < -0.3 is 9.84 Å². The summed E-state index contributed by atoms with van der Waals surface area (Å²) in [4.78, 5) is 26.0. The van der Waals surface area contributed by atoms with Crippen molar-refractivity contribution in [3.05, 3.63) is 63.7 Å². The Kier molecular flexibility index (Phi) is 8.90. The molecule has 0 aromatic carbocycles. The largest absolute Gasteiger partial charge is 0.512 e. The first-order chi connectivity index (χ1) is 17.9. The molecule has 3 aromatic rings. The van der Waals surface area contributed by atoms with E-state index in [-0.39, 0.29) is 23.9 Å². The molecule has 0 saturated heterocycles. The lowest BCUT2D eigenvalue weighted by molar-refractivity contribution is -0.147. The molecule has 1 aliphatic carbocycles. The maximum Gasteiger partial charge on any atom is 0.338 e. The standard InChI is InChI=1S/C24H29N5O3.C5H10/c1-5-17-10-16(11-18(6-2)26-17)7-8-19-12-21(30)20(23(31)32-19)13-22-27-24-25-14(3)9-15(4)29(24)28-22;1-2-4-5-3-1/h9-11,19,30H,5-8,12-13H2,1-4H3;1-5H2/t19-;/m1./s1. The molecule has 4 heterocycles. The van der Waals surface area contributed by atoms with Crippen molar-refractivity contribution in [2.75, 3.05) is 0 Å². The molecule has 1 fully saturated rings. The average Bonchev–Trinajstić information content (AvgIpc) is 3.58. The first-order valence-corrected chi connectivity index (χ1v) is 13.7. The van der Waals surface area contributed by atoms with Crippen molar-refractivity contribution in [3.8, 4) is 0 Å². The number of aliphatic hydroxyl groups excluding tert-OH is 1. The van der Waals surface area contributed by atoms with Crippen LogP contribution in [-0.2, 0) is 35.2 Å². The van der Waals surface area contributed by atoms with E-state index in [1.165, 1.54) is 37.7 Å². The molecular weight excluding hydrogens is 466 g/mol. The summed E-state index contributed by atoms with van der Waals surface area (Å²) in [5, 5.41) is 15.0. The second-order valence-corrected chi connectivity index (χ2v) is 10.1. The summed E-state index contributed by atoms with van der Waals surface area (Å²) in [6, 6.07) is 6.13. The number of aryl methyl sites for hydroxylation is 5. The highest BCUT2D eigenvalue weighted by atomic mass is 16.5. The van der Waals surface area contributed by atoms with Gasteiger partial charge in [-0.25, -0.2) is 14.3 Å². The van der Waals surface area contributed by atoms with Crippen molar-refractivity contribution in [1.29, 1.82) is 0 Å². The molecule has 37 heavy (non-hydrogen) atoms. The fraction of sp³-hybridized carbons (Fsp3) is 0.552. The van der Waals surface area contributed by atoms with Crippen molar-refractivity contribution in [2.45, 2.75) is 104 Å².